The van der Waals surface area contributed by atoms with Gasteiger partial charge in [-0.2, -0.15) is 0 Å². The van der Waals surface area contributed by atoms with E-state index in [-0.39, 0.29) is 46.9 Å². The highest BCUT2D eigenvalue weighted by Crippen LogP contribution is 2.23. The molecule has 244 valence electrons. The molecule has 0 aliphatic carbocycles. The summed E-state index contributed by atoms with van der Waals surface area (Å²) in [7, 11) is 6.93. The van der Waals surface area contributed by atoms with Crippen molar-refractivity contribution >= 4 is 46.4 Å². The van der Waals surface area contributed by atoms with Crippen LogP contribution in [0.15, 0.2) is 98.1 Å². The van der Waals surface area contributed by atoms with E-state index in [1.807, 2.05) is 0 Å². The van der Waals surface area contributed by atoms with Crippen molar-refractivity contribution in [1.82, 2.24) is 38.2 Å². The topological polar surface area (TPSA) is 188 Å². The van der Waals surface area contributed by atoms with E-state index >= 15 is 0 Å². The Kier molecular flexibility index (Phi) is 9.84. The fraction of sp³-hybridized carbons (Fsp3) is 0.125. The van der Waals surface area contributed by atoms with Crippen molar-refractivity contribution in [1.29, 1.82) is 0 Å². The van der Waals surface area contributed by atoms with Gasteiger partial charge in [-0.15, -0.1) is 0 Å². The first kappa shape index (κ1) is 32.6. The van der Waals surface area contributed by atoms with Crippen molar-refractivity contribution in [3.05, 3.63) is 121 Å². The van der Waals surface area contributed by atoms with Crippen molar-refractivity contribution in [2.45, 2.75) is 0 Å². The van der Waals surface area contributed by atoms with Gasteiger partial charge in [-0.05, 0) is 24.3 Å². The van der Waals surface area contributed by atoms with Crippen LogP contribution in [0.3, 0.4) is 0 Å². The summed E-state index contributed by atoms with van der Waals surface area (Å²) in [5, 5.41) is 11.0. The predicted molar refractivity (Wildman–Crippen MR) is 178 cm³/mol. The molecule has 4 heterocycles. The molecule has 0 aliphatic heterocycles. The van der Waals surface area contributed by atoms with Crippen LogP contribution in [0.25, 0.3) is 0 Å². The zero-order chi connectivity index (χ0) is 34.2. The van der Waals surface area contributed by atoms with Crippen molar-refractivity contribution in [3.63, 3.8) is 0 Å². The maximum absolute atomic E-state index is 12.3. The van der Waals surface area contributed by atoms with Crippen molar-refractivity contribution in [2.24, 2.45) is 28.2 Å². The molecule has 0 saturated carbocycles. The molecule has 6 rings (SSSR count). The van der Waals surface area contributed by atoms with Gasteiger partial charge in [0.05, 0.1) is 22.7 Å². The Morgan fingerprint density at radius 3 is 0.792 bits per heavy atom. The van der Waals surface area contributed by atoms with Gasteiger partial charge in [0.2, 0.25) is 0 Å². The van der Waals surface area contributed by atoms with Crippen LogP contribution >= 0.6 is 0 Å². The highest BCUT2D eigenvalue weighted by atomic mass is 16.2. The van der Waals surface area contributed by atoms with Gasteiger partial charge in [-0.25, -0.2) is 19.9 Å². The van der Waals surface area contributed by atoms with Crippen LogP contribution in [0.1, 0.15) is 42.5 Å². The van der Waals surface area contributed by atoms with Crippen LogP contribution < -0.4 is 21.3 Å². The Bertz CT molecular complexity index is 1790. The average Bonchev–Trinajstić information content (AvgIpc) is 3.88. The molecule has 0 fully saturated rings. The molecule has 0 bridgehead atoms. The summed E-state index contributed by atoms with van der Waals surface area (Å²) in [6, 6.07) is 13.9. The van der Waals surface area contributed by atoms with Crippen LogP contribution in [0, 0.1) is 0 Å². The molecule has 2 aromatic carbocycles. The lowest BCUT2D eigenvalue weighted by Gasteiger charge is -2.12. The second-order valence-electron chi connectivity index (χ2n) is 10.4. The molecule has 48 heavy (non-hydrogen) atoms. The van der Waals surface area contributed by atoms with Gasteiger partial charge in [0.1, 0.15) is 0 Å². The van der Waals surface area contributed by atoms with Gasteiger partial charge in [-0.3, -0.25) is 19.2 Å². The number of nitrogens with zero attached hydrogens (tertiary/aromatic N) is 8. The molecule has 0 saturated heterocycles. The Labute approximate surface area is 274 Å². The van der Waals surface area contributed by atoms with Crippen molar-refractivity contribution < 1.29 is 19.2 Å². The Morgan fingerprint density at radius 1 is 0.417 bits per heavy atom. The third-order valence-corrected chi connectivity index (χ3v) is 6.94. The van der Waals surface area contributed by atoms with Crippen LogP contribution in [0.2, 0.25) is 0 Å². The van der Waals surface area contributed by atoms with E-state index in [0.29, 0.717) is 22.7 Å². The first-order valence-corrected chi connectivity index (χ1v) is 14.4. The number of hydrogen-bond acceptors (Lipinski definition) is 8. The normalized spacial score (nSPS) is 10.4. The molecule has 0 spiro atoms. The minimum Gasteiger partial charge on any atom is -0.330 e. The number of aryl methyl sites for hydroxylation is 4. The quantitative estimate of drug-likeness (QED) is 0.193. The van der Waals surface area contributed by atoms with Gasteiger partial charge < -0.3 is 39.5 Å². The standard InChI is InChI=1S/2C16H16N6O2/c2*1-21-9-7-17-13(21)15(23)19-11-5-3-4-6-12(11)20-16(24)14-18-8-10-22(14)2/h2*3-10H,1-2H3,(H,19,23)(H,20,24). The van der Waals surface area contributed by atoms with E-state index < -0.39 is 0 Å². The maximum Gasteiger partial charge on any atom is 0.291 e. The summed E-state index contributed by atoms with van der Waals surface area (Å²) < 4.78 is 6.46. The summed E-state index contributed by atoms with van der Waals surface area (Å²) in [6.07, 6.45) is 12.9. The number of imidazole rings is 4. The lowest BCUT2D eigenvalue weighted by Crippen LogP contribution is -2.20. The monoisotopic (exact) mass is 648 g/mol. The molecule has 4 amide bonds. The first-order chi connectivity index (χ1) is 23.1. The maximum atomic E-state index is 12.3. The smallest absolute Gasteiger partial charge is 0.291 e. The zero-order valence-corrected chi connectivity index (χ0v) is 26.4. The minimum absolute atomic E-state index is 0.278. The first-order valence-electron chi connectivity index (χ1n) is 14.4. The largest absolute Gasteiger partial charge is 0.330 e. The van der Waals surface area contributed by atoms with Gasteiger partial charge in [0.15, 0.2) is 23.3 Å². The summed E-state index contributed by atoms with van der Waals surface area (Å²) in [5.74, 6) is -0.328. The fourth-order valence-corrected chi connectivity index (χ4v) is 4.45. The van der Waals surface area contributed by atoms with E-state index in [9.17, 15) is 19.2 Å². The lowest BCUT2D eigenvalue weighted by atomic mass is 10.2. The summed E-state index contributed by atoms with van der Waals surface area (Å²) >= 11 is 0. The highest BCUT2D eigenvalue weighted by Gasteiger charge is 2.18. The van der Waals surface area contributed by atoms with Gasteiger partial charge in [0, 0.05) is 77.8 Å². The van der Waals surface area contributed by atoms with Gasteiger partial charge >= 0.3 is 0 Å². The molecule has 0 unspecified atom stereocenters. The second-order valence-corrected chi connectivity index (χ2v) is 10.4. The lowest BCUT2D eigenvalue weighted by molar-refractivity contribution is 0.0999. The second kappa shape index (κ2) is 14.5. The summed E-state index contributed by atoms with van der Waals surface area (Å²) in [4.78, 5) is 65.2. The number of carbonyl (C=O) groups is 4. The molecule has 0 atom stereocenters. The van der Waals surface area contributed by atoms with Crippen LogP contribution in [0.5, 0.6) is 0 Å². The van der Waals surface area contributed by atoms with E-state index in [1.165, 1.54) is 0 Å². The molecule has 0 aliphatic rings. The number of aromatic nitrogens is 8. The van der Waals surface area contributed by atoms with Gasteiger partial charge in [0.25, 0.3) is 23.6 Å². The minimum atomic E-state index is -0.360. The molecule has 4 N–H and O–H groups in total. The van der Waals surface area contributed by atoms with Crippen molar-refractivity contribution in [2.75, 3.05) is 21.3 Å². The number of hydrogen-bond donors (Lipinski definition) is 4. The zero-order valence-electron chi connectivity index (χ0n) is 26.4. The van der Waals surface area contributed by atoms with Crippen LogP contribution in [-0.2, 0) is 28.2 Å². The molecule has 16 heteroatoms. The third-order valence-electron chi connectivity index (χ3n) is 6.94. The Hall–Kier alpha value is -6.84. The molecule has 4 aromatic heterocycles. The number of anilines is 4. The average molecular weight is 649 g/mol. The Balaban J connectivity index is 0.000000188. The fourth-order valence-electron chi connectivity index (χ4n) is 4.45. The van der Waals surface area contributed by atoms with E-state index in [4.69, 9.17) is 0 Å². The number of benzene rings is 2. The van der Waals surface area contributed by atoms with Crippen LogP contribution in [-0.4, -0.2) is 61.8 Å². The molecular formula is C32H32N12O4. The summed E-state index contributed by atoms with van der Waals surface area (Å²) in [5.41, 5.74) is 1.92. The van der Waals surface area contributed by atoms with E-state index in [0.717, 1.165) is 0 Å². The molecule has 0 radical (unpaired) electrons. The van der Waals surface area contributed by atoms with Crippen molar-refractivity contribution in [3.8, 4) is 0 Å². The molecule has 6 aromatic rings. The summed E-state index contributed by atoms with van der Waals surface area (Å²) in [6.45, 7) is 0. The SMILES string of the molecule is Cn1ccnc1C(=O)Nc1ccccc1NC(=O)c1nccn1C.Cn1ccnc1C(=O)Nc1ccccc1NC(=O)c1nccn1C. The Morgan fingerprint density at radius 2 is 0.625 bits per heavy atom. The highest BCUT2D eigenvalue weighted by molar-refractivity contribution is 6.09. The van der Waals surface area contributed by atoms with Crippen LogP contribution in [0.4, 0.5) is 22.7 Å². The number of rotatable bonds is 8. The molecule has 16 nitrogen and oxygen atoms in total. The number of para-hydroxylation sites is 4. The number of amides is 4. The number of carbonyl (C=O) groups excluding carboxylic acids is 4. The van der Waals surface area contributed by atoms with Gasteiger partial charge in [-0.1, -0.05) is 24.3 Å². The predicted octanol–water partition coefficient (Wildman–Crippen LogP) is 3.32. The number of nitrogens with one attached hydrogen (secondary N) is 4. The molecular weight excluding hydrogens is 616 g/mol. The van der Waals surface area contributed by atoms with E-state index in [1.54, 1.807) is 145 Å². The third kappa shape index (κ3) is 7.51. The van der Waals surface area contributed by atoms with E-state index in [2.05, 4.69) is 41.2 Å².